The van der Waals surface area contributed by atoms with E-state index in [2.05, 4.69) is 0 Å². The molecule has 5 heteroatoms. The average molecular weight is 234 g/mol. The molecule has 0 bridgehead atoms. The summed E-state index contributed by atoms with van der Waals surface area (Å²) in [4.78, 5) is 11.1. The fourth-order valence-corrected chi connectivity index (χ4v) is 1.27. The van der Waals surface area contributed by atoms with Crippen LogP contribution in [-0.4, -0.2) is 11.7 Å². The van der Waals surface area contributed by atoms with E-state index in [-0.39, 0.29) is 0 Å². The standard InChI is InChI=1S/C11H10F4O/c1-3-6-4-7(12)9(8(13)5-6)10(16)11(2,14)15/h4-5H,3H2,1-2H3. The third-order valence-corrected chi connectivity index (χ3v) is 2.14. The Morgan fingerprint density at radius 1 is 1.25 bits per heavy atom. The van der Waals surface area contributed by atoms with Crippen LogP contribution in [0.3, 0.4) is 0 Å². The molecule has 0 unspecified atom stereocenters. The molecule has 0 N–H and O–H groups in total. The quantitative estimate of drug-likeness (QED) is 0.579. The Hall–Kier alpha value is -1.39. The maximum atomic E-state index is 13.3. The number of rotatable bonds is 3. The van der Waals surface area contributed by atoms with Crippen LogP contribution in [0.4, 0.5) is 17.6 Å². The molecule has 16 heavy (non-hydrogen) atoms. The number of hydrogen-bond acceptors (Lipinski definition) is 1. The molecule has 1 nitrogen and oxygen atoms in total. The maximum Gasteiger partial charge on any atom is 0.307 e. The normalized spacial score (nSPS) is 11.6. The second kappa shape index (κ2) is 4.23. The topological polar surface area (TPSA) is 17.1 Å². The highest BCUT2D eigenvalue weighted by molar-refractivity contribution is 6.01. The van der Waals surface area contributed by atoms with E-state index >= 15 is 0 Å². The molecule has 0 atom stereocenters. The van der Waals surface area contributed by atoms with E-state index in [1.54, 1.807) is 6.92 Å². The first kappa shape index (κ1) is 12.7. The zero-order chi connectivity index (χ0) is 12.5. The monoisotopic (exact) mass is 234 g/mol. The van der Waals surface area contributed by atoms with Crippen molar-refractivity contribution in [2.45, 2.75) is 26.2 Å². The van der Waals surface area contributed by atoms with E-state index in [1.165, 1.54) is 0 Å². The highest BCUT2D eigenvalue weighted by atomic mass is 19.3. The minimum Gasteiger partial charge on any atom is -0.287 e. The summed E-state index contributed by atoms with van der Waals surface area (Å²) >= 11 is 0. The van der Waals surface area contributed by atoms with Gasteiger partial charge in [-0.15, -0.1) is 0 Å². The van der Waals surface area contributed by atoms with Gasteiger partial charge < -0.3 is 0 Å². The van der Waals surface area contributed by atoms with Gasteiger partial charge in [0, 0.05) is 6.92 Å². The van der Waals surface area contributed by atoms with Gasteiger partial charge in [0.1, 0.15) is 11.6 Å². The van der Waals surface area contributed by atoms with Crippen LogP contribution in [0.25, 0.3) is 0 Å². The number of alkyl halides is 2. The Balaban J connectivity index is 3.31. The first-order valence-corrected chi connectivity index (χ1v) is 4.68. The zero-order valence-electron chi connectivity index (χ0n) is 8.78. The lowest BCUT2D eigenvalue weighted by molar-refractivity contribution is 0.0213. The Bertz CT molecular complexity index is 397. The smallest absolute Gasteiger partial charge is 0.287 e. The van der Waals surface area contributed by atoms with Crippen molar-refractivity contribution in [1.29, 1.82) is 0 Å². The minimum atomic E-state index is -3.78. The molecule has 0 aliphatic carbocycles. The molecule has 88 valence electrons. The van der Waals surface area contributed by atoms with E-state index < -0.39 is 28.9 Å². The summed E-state index contributed by atoms with van der Waals surface area (Å²) in [6.07, 6.45) is 0.352. The third kappa shape index (κ3) is 2.40. The summed E-state index contributed by atoms with van der Waals surface area (Å²) in [6, 6.07) is 1.78. The van der Waals surface area contributed by atoms with Gasteiger partial charge in [0.2, 0.25) is 5.78 Å². The van der Waals surface area contributed by atoms with Crippen molar-refractivity contribution in [2.24, 2.45) is 0 Å². The highest BCUT2D eigenvalue weighted by Gasteiger charge is 2.37. The second-order valence-corrected chi connectivity index (χ2v) is 3.51. The lowest BCUT2D eigenvalue weighted by atomic mass is 10.0. The van der Waals surface area contributed by atoms with Crippen molar-refractivity contribution in [1.82, 2.24) is 0 Å². The van der Waals surface area contributed by atoms with Crippen LogP contribution < -0.4 is 0 Å². The number of aryl methyl sites for hydroxylation is 1. The van der Waals surface area contributed by atoms with Gasteiger partial charge in [0.05, 0.1) is 5.56 Å². The summed E-state index contributed by atoms with van der Waals surface area (Å²) < 4.78 is 51.9. The molecule has 0 amide bonds. The minimum absolute atomic E-state index is 0.307. The van der Waals surface area contributed by atoms with Crippen LogP contribution in [-0.2, 0) is 6.42 Å². The number of Topliss-reactive ketones (excluding diaryl/α,β-unsaturated/α-hetero) is 1. The van der Waals surface area contributed by atoms with Gasteiger partial charge in [-0.25, -0.2) is 8.78 Å². The van der Waals surface area contributed by atoms with Gasteiger partial charge >= 0.3 is 5.92 Å². The van der Waals surface area contributed by atoms with Crippen LogP contribution in [0, 0.1) is 11.6 Å². The molecule has 1 rings (SSSR count). The van der Waals surface area contributed by atoms with Crippen molar-refractivity contribution in [2.75, 3.05) is 0 Å². The van der Waals surface area contributed by atoms with Gasteiger partial charge in [-0.05, 0) is 24.1 Å². The Morgan fingerprint density at radius 2 is 1.69 bits per heavy atom. The largest absolute Gasteiger partial charge is 0.307 e. The van der Waals surface area contributed by atoms with Gasteiger partial charge in [0.15, 0.2) is 0 Å². The first-order valence-electron chi connectivity index (χ1n) is 4.68. The van der Waals surface area contributed by atoms with E-state index in [0.717, 1.165) is 12.1 Å². The molecule has 0 heterocycles. The van der Waals surface area contributed by atoms with E-state index in [0.29, 0.717) is 18.9 Å². The number of carbonyl (C=O) groups excluding carboxylic acids is 1. The maximum absolute atomic E-state index is 13.3. The summed E-state index contributed by atoms with van der Waals surface area (Å²) in [5.74, 6) is -8.12. The van der Waals surface area contributed by atoms with E-state index in [9.17, 15) is 22.4 Å². The van der Waals surface area contributed by atoms with Crippen LogP contribution >= 0.6 is 0 Å². The Morgan fingerprint density at radius 3 is 2.00 bits per heavy atom. The lowest BCUT2D eigenvalue weighted by Gasteiger charge is -2.11. The van der Waals surface area contributed by atoms with Crippen LogP contribution in [0.15, 0.2) is 12.1 Å². The molecule has 0 saturated carbocycles. The van der Waals surface area contributed by atoms with Gasteiger partial charge in [-0.1, -0.05) is 6.92 Å². The molecule has 0 saturated heterocycles. The molecule has 0 aliphatic heterocycles. The molecule has 0 aromatic heterocycles. The third-order valence-electron chi connectivity index (χ3n) is 2.14. The molecule has 0 aliphatic rings. The molecule has 1 aromatic carbocycles. The number of hydrogen-bond donors (Lipinski definition) is 0. The lowest BCUT2D eigenvalue weighted by Crippen LogP contribution is -2.26. The molecule has 0 radical (unpaired) electrons. The SMILES string of the molecule is CCc1cc(F)c(C(=O)C(C)(F)F)c(F)c1. The predicted molar refractivity (Wildman–Crippen MR) is 50.7 cm³/mol. The van der Waals surface area contributed by atoms with Crippen molar-refractivity contribution < 1.29 is 22.4 Å². The molecule has 0 fully saturated rings. The highest BCUT2D eigenvalue weighted by Crippen LogP contribution is 2.24. The molecule has 0 spiro atoms. The fraction of sp³-hybridized carbons (Fsp3) is 0.364. The van der Waals surface area contributed by atoms with Crippen molar-refractivity contribution >= 4 is 5.78 Å². The molecular formula is C11H10F4O. The van der Waals surface area contributed by atoms with Crippen molar-refractivity contribution in [3.63, 3.8) is 0 Å². The average Bonchev–Trinajstić information content (AvgIpc) is 2.14. The predicted octanol–water partition coefficient (Wildman–Crippen LogP) is 3.37. The van der Waals surface area contributed by atoms with Gasteiger partial charge in [-0.2, -0.15) is 8.78 Å². The van der Waals surface area contributed by atoms with Gasteiger partial charge in [-0.3, -0.25) is 4.79 Å². The molecular weight excluding hydrogens is 224 g/mol. The van der Waals surface area contributed by atoms with Crippen LogP contribution in [0.5, 0.6) is 0 Å². The number of carbonyl (C=O) groups is 1. The first-order chi connectivity index (χ1) is 7.27. The summed E-state index contributed by atoms with van der Waals surface area (Å²) in [5.41, 5.74) is -0.865. The molecule has 1 aromatic rings. The number of benzene rings is 1. The van der Waals surface area contributed by atoms with Crippen molar-refractivity contribution in [3.8, 4) is 0 Å². The summed E-state index contributed by atoms with van der Waals surface area (Å²) in [6.45, 7) is 1.96. The zero-order valence-corrected chi connectivity index (χ0v) is 8.78. The van der Waals surface area contributed by atoms with Gasteiger partial charge in [0.25, 0.3) is 0 Å². The van der Waals surface area contributed by atoms with Crippen LogP contribution in [0.1, 0.15) is 29.8 Å². The summed E-state index contributed by atoms with van der Waals surface area (Å²) in [7, 11) is 0. The van der Waals surface area contributed by atoms with E-state index in [1.807, 2.05) is 0 Å². The fourth-order valence-electron chi connectivity index (χ4n) is 1.27. The number of halogens is 4. The summed E-state index contributed by atoms with van der Waals surface area (Å²) in [5, 5.41) is 0. The van der Waals surface area contributed by atoms with Crippen LogP contribution in [0.2, 0.25) is 0 Å². The Labute approximate surface area is 90.1 Å². The number of ketones is 1. The van der Waals surface area contributed by atoms with Crippen molar-refractivity contribution in [3.05, 3.63) is 34.9 Å². The van der Waals surface area contributed by atoms with E-state index in [4.69, 9.17) is 0 Å². The Kier molecular flexibility index (Phi) is 3.35. The second-order valence-electron chi connectivity index (χ2n) is 3.51.